The molecule has 2 unspecified atom stereocenters. The molecule has 0 bridgehead atoms. The molecule has 2 amide bonds. The standard InChI is InChI=1S/C13H24N2O3/c1-9-12(6-7-18-9)15-13(17)14-11-4-2-10(8-16)3-5-11/h9-12,16H,2-8H2,1H3,(H2,14,15,17). The molecule has 1 aliphatic heterocycles. The van der Waals surface area contributed by atoms with Gasteiger partial charge in [-0.1, -0.05) is 0 Å². The van der Waals surface area contributed by atoms with E-state index >= 15 is 0 Å². The van der Waals surface area contributed by atoms with Crippen LogP contribution in [0.15, 0.2) is 0 Å². The molecule has 0 spiro atoms. The van der Waals surface area contributed by atoms with Crippen molar-refractivity contribution in [3.63, 3.8) is 0 Å². The maximum absolute atomic E-state index is 11.8. The molecule has 2 rings (SSSR count). The second-order valence-electron chi connectivity index (χ2n) is 5.49. The Balaban J connectivity index is 1.68. The molecule has 18 heavy (non-hydrogen) atoms. The van der Waals surface area contributed by atoms with Gasteiger partial charge in [0, 0.05) is 19.3 Å². The molecule has 0 radical (unpaired) electrons. The molecule has 1 heterocycles. The summed E-state index contributed by atoms with van der Waals surface area (Å²) in [6.07, 6.45) is 4.95. The first kappa shape index (κ1) is 13.6. The maximum atomic E-state index is 11.8. The van der Waals surface area contributed by atoms with Crippen molar-refractivity contribution in [3.8, 4) is 0 Å². The fourth-order valence-corrected chi connectivity index (χ4v) is 2.81. The minimum atomic E-state index is -0.0789. The highest BCUT2D eigenvalue weighted by Crippen LogP contribution is 2.23. The van der Waals surface area contributed by atoms with Crippen molar-refractivity contribution in [1.82, 2.24) is 10.6 Å². The van der Waals surface area contributed by atoms with Gasteiger partial charge in [0.15, 0.2) is 0 Å². The quantitative estimate of drug-likeness (QED) is 0.706. The molecule has 0 aromatic heterocycles. The molecule has 0 aromatic rings. The van der Waals surface area contributed by atoms with Gasteiger partial charge in [-0.25, -0.2) is 4.79 Å². The summed E-state index contributed by atoms with van der Waals surface area (Å²) in [5, 5.41) is 15.1. The Labute approximate surface area is 108 Å². The van der Waals surface area contributed by atoms with E-state index in [2.05, 4.69) is 10.6 Å². The summed E-state index contributed by atoms with van der Waals surface area (Å²) in [6.45, 7) is 2.99. The van der Waals surface area contributed by atoms with Crippen LogP contribution in [0.25, 0.3) is 0 Å². The highest BCUT2D eigenvalue weighted by molar-refractivity contribution is 5.74. The number of nitrogens with one attached hydrogen (secondary N) is 2. The maximum Gasteiger partial charge on any atom is 0.315 e. The Morgan fingerprint density at radius 3 is 2.50 bits per heavy atom. The van der Waals surface area contributed by atoms with Crippen LogP contribution in [0.5, 0.6) is 0 Å². The minimum Gasteiger partial charge on any atom is -0.396 e. The van der Waals surface area contributed by atoms with E-state index in [1.807, 2.05) is 6.92 Å². The van der Waals surface area contributed by atoms with E-state index in [9.17, 15) is 4.79 Å². The van der Waals surface area contributed by atoms with Crippen LogP contribution in [0.2, 0.25) is 0 Å². The zero-order valence-corrected chi connectivity index (χ0v) is 11.0. The normalized spacial score (nSPS) is 36.3. The summed E-state index contributed by atoms with van der Waals surface area (Å²) >= 11 is 0. The van der Waals surface area contributed by atoms with Gasteiger partial charge >= 0.3 is 6.03 Å². The van der Waals surface area contributed by atoms with Gasteiger partial charge < -0.3 is 20.5 Å². The van der Waals surface area contributed by atoms with Crippen molar-refractivity contribution < 1.29 is 14.6 Å². The third kappa shape index (κ3) is 3.59. The summed E-state index contributed by atoms with van der Waals surface area (Å²) < 4.78 is 5.41. The third-order valence-corrected chi connectivity index (χ3v) is 4.13. The average Bonchev–Trinajstić information content (AvgIpc) is 2.76. The molecule has 3 N–H and O–H groups in total. The summed E-state index contributed by atoms with van der Waals surface area (Å²) in [5.41, 5.74) is 0. The number of aliphatic hydroxyl groups excluding tert-OH is 1. The van der Waals surface area contributed by atoms with Crippen molar-refractivity contribution in [1.29, 1.82) is 0 Å². The van der Waals surface area contributed by atoms with Crippen molar-refractivity contribution in [2.24, 2.45) is 5.92 Å². The van der Waals surface area contributed by atoms with Gasteiger partial charge in [-0.15, -0.1) is 0 Å². The zero-order chi connectivity index (χ0) is 13.0. The highest BCUT2D eigenvalue weighted by Gasteiger charge is 2.27. The van der Waals surface area contributed by atoms with Crippen LogP contribution < -0.4 is 10.6 Å². The van der Waals surface area contributed by atoms with Gasteiger partial charge in [0.25, 0.3) is 0 Å². The van der Waals surface area contributed by atoms with Gasteiger partial charge in [-0.2, -0.15) is 0 Å². The average molecular weight is 256 g/mol. The number of hydrogen-bond donors (Lipinski definition) is 3. The van der Waals surface area contributed by atoms with Crippen LogP contribution in [0.1, 0.15) is 39.0 Å². The van der Waals surface area contributed by atoms with Crippen LogP contribution >= 0.6 is 0 Å². The molecule has 5 heteroatoms. The predicted molar refractivity (Wildman–Crippen MR) is 68.3 cm³/mol. The summed E-state index contributed by atoms with van der Waals surface area (Å²) in [7, 11) is 0. The number of urea groups is 1. The number of rotatable bonds is 3. The van der Waals surface area contributed by atoms with Crippen molar-refractivity contribution >= 4 is 6.03 Å². The van der Waals surface area contributed by atoms with Crippen molar-refractivity contribution in [2.45, 2.75) is 57.2 Å². The first-order valence-electron chi connectivity index (χ1n) is 6.98. The van der Waals surface area contributed by atoms with E-state index in [4.69, 9.17) is 9.84 Å². The molecule has 5 nitrogen and oxygen atoms in total. The van der Waals surface area contributed by atoms with Crippen LogP contribution in [0.3, 0.4) is 0 Å². The lowest BCUT2D eigenvalue weighted by atomic mass is 9.87. The van der Waals surface area contributed by atoms with Gasteiger partial charge in [-0.05, 0) is 44.9 Å². The summed E-state index contributed by atoms with van der Waals surface area (Å²) in [5.74, 6) is 0.425. The Morgan fingerprint density at radius 2 is 1.94 bits per heavy atom. The fourth-order valence-electron chi connectivity index (χ4n) is 2.81. The van der Waals surface area contributed by atoms with Crippen molar-refractivity contribution in [2.75, 3.05) is 13.2 Å². The minimum absolute atomic E-state index is 0.0789. The van der Waals surface area contributed by atoms with E-state index in [1.165, 1.54) is 0 Å². The highest BCUT2D eigenvalue weighted by atomic mass is 16.5. The first-order chi connectivity index (χ1) is 8.69. The number of aliphatic hydroxyl groups is 1. The molecule has 2 fully saturated rings. The largest absolute Gasteiger partial charge is 0.396 e. The van der Waals surface area contributed by atoms with Gasteiger partial charge in [0.05, 0.1) is 12.1 Å². The number of amides is 2. The number of carbonyl (C=O) groups is 1. The number of hydrogen-bond acceptors (Lipinski definition) is 3. The summed E-state index contributed by atoms with van der Waals surface area (Å²) in [4.78, 5) is 11.8. The van der Waals surface area contributed by atoms with Crippen LogP contribution in [-0.4, -0.2) is 42.5 Å². The van der Waals surface area contributed by atoms with E-state index < -0.39 is 0 Å². The summed E-state index contributed by atoms with van der Waals surface area (Å²) in [6, 6.07) is 0.314. The molecular formula is C13H24N2O3. The lowest BCUT2D eigenvalue weighted by Crippen LogP contribution is -2.49. The smallest absolute Gasteiger partial charge is 0.315 e. The van der Waals surface area contributed by atoms with E-state index in [-0.39, 0.29) is 30.8 Å². The molecule has 1 aliphatic carbocycles. The lowest BCUT2D eigenvalue weighted by molar-refractivity contribution is 0.113. The van der Waals surface area contributed by atoms with E-state index in [0.29, 0.717) is 5.92 Å². The predicted octanol–water partition coefficient (Wildman–Crippen LogP) is 1.01. The van der Waals surface area contributed by atoms with Gasteiger partial charge in [0.1, 0.15) is 0 Å². The molecular weight excluding hydrogens is 232 g/mol. The second kappa shape index (κ2) is 6.38. The zero-order valence-electron chi connectivity index (χ0n) is 11.0. The third-order valence-electron chi connectivity index (χ3n) is 4.13. The lowest BCUT2D eigenvalue weighted by Gasteiger charge is -2.28. The second-order valence-corrected chi connectivity index (χ2v) is 5.49. The number of carbonyl (C=O) groups excluding carboxylic acids is 1. The van der Waals surface area contributed by atoms with E-state index in [1.54, 1.807) is 0 Å². The van der Waals surface area contributed by atoms with Gasteiger partial charge in [-0.3, -0.25) is 0 Å². The molecule has 0 aromatic carbocycles. The monoisotopic (exact) mass is 256 g/mol. The van der Waals surface area contributed by atoms with Crippen LogP contribution in [-0.2, 0) is 4.74 Å². The Kier molecular flexibility index (Phi) is 4.83. The molecule has 1 saturated carbocycles. The van der Waals surface area contributed by atoms with Crippen molar-refractivity contribution in [3.05, 3.63) is 0 Å². The topological polar surface area (TPSA) is 70.6 Å². The Hall–Kier alpha value is -0.810. The SMILES string of the molecule is CC1OCCC1NC(=O)NC1CCC(CO)CC1. The van der Waals surface area contributed by atoms with Gasteiger partial charge in [0.2, 0.25) is 0 Å². The van der Waals surface area contributed by atoms with Crippen LogP contribution in [0.4, 0.5) is 4.79 Å². The molecule has 2 atom stereocenters. The Morgan fingerprint density at radius 1 is 1.22 bits per heavy atom. The van der Waals surface area contributed by atoms with Crippen LogP contribution in [0, 0.1) is 5.92 Å². The molecule has 1 saturated heterocycles. The molecule has 104 valence electrons. The Bertz CT molecular complexity index is 277. The van der Waals surface area contributed by atoms with E-state index in [0.717, 1.165) is 38.7 Å². The number of ether oxygens (including phenoxy) is 1. The fraction of sp³-hybridized carbons (Fsp3) is 0.923. The molecule has 2 aliphatic rings. The first-order valence-corrected chi connectivity index (χ1v) is 6.98.